The summed E-state index contributed by atoms with van der Waals surface area (Å²) in [6.45, 7) is 10.8. The third-order valence-corrected chi connectivity index (χ3v) is 7.99. The first-order valence-electron chi connectivity index (χ1n) is 6.59. The van der Waals surface area contributed by atoms with E-state index in [-0.39, 0.29) is 5.04 Å². The predicted octanol–water partition coefficient (Wildman–Crippen LogP) is 4.66. The van der Waals surface area contributed by atoms with Gasteiger partial charge in [0.25, 0.3) is 8.32 Å². The molecule has 1 rings (SSSR count). The van der Waals surface area contributed by atoms with Crippen molar-refractivity contribution >= 4 is 8.32 Å². The van der Waals surface area contributed by atoms with Crippen LogP contribution in [0.2, 0.25) is 18.1 Å². The Morgan fingerprint density at radius 1 is 1.26 bits per heavy atom. The summed E-state index contributed by atoms with van der Waals surface area (Å²) in [6.07, 6.45) is 2.62. The van der Waals surface area contributed by atoms with Crippen LogP contribution in [0.4, 0.5) is 0 Å². The standard InChI is InChI=1S/C16H23NOSi/c1-16(2,3)19(4,5)18-15(13-17)12-11-14-9-7-6-8-10-14/h6-10,12H,11H2,1-5H3/b15-12+. The number of hydrogen-bond acceptors (Lipinski definition) is 2. The molecule has 0 aliphatic heterocycles. The van der Waals surface area contributed by atoms with Crippen LogP contribution in [-0.4, -0.2) is 8.32 Å². The molecule has 1 aromatic rings. The summed E-state index contributed by atoms with van der Waals surface area (Å²) in [5, 5.41) is 9.32. The molecular formula is C16H23NOSi. The van der Waals surface area contributed by atoms with Crippen molar-refractivity contribution in [3.63, 3.8) is 0 Å². The van der Waals surface area contributed by atoms with Crippen molar-refractivity contribution < 1.29 is 4.43 Å². The Bertz CT molecular complexity index is 478. The van der Waals surface area contributed by atoms with Gasteiger partial charge in [-0.2, -0.15) is 5.26 Å². The molecule has 2 nitrogen and oxygen atoms in total. The van der Waals surface area contributed by atoms with Crippen LogP contribution >= 0.6 is 0 Å². The first-order chi connectivity index (χ1) is 8.76. The van der Waals surface area contributed by atoms with E-state index in [4.69, 9.17) is 4.43 Å². The van der Waals surface area contributed by atoms with E-state index in [0.717, 1.165) is 6.42 Å². The van der Waals surface area contributed by atoms with E-state index in [0.29, 0.717) is 5.76 Å². The van der Waals surface area contributed by atoms with Crippen LogP contribution in [0, 0.1) is 11.3 Å². The van der Waals surface area contributed by atoms with E-state index in [1.54, 1.807) is 0 Å². The smallest absolute Gasteiger partial charge is 0.251 e. The normalized spacial score (nSPS) is 12.9. The van der Waals surface area contributed by atoms with Gasteiger partial charge in [-0.15, -0.1) is 0 Å². The number of benzene rings is 1. The highest BCUT2D eigenvalue weighted by molar-refractivity contribution is 6.74. The average molecular weight is 273 g/mol. The minimum atomic E-state index is -1.92. The first-order valence-corrected chi connectivity index (χ1v) is 9.50. The molecule has 1 aromatic carbocycles. The molecule has 0 heterocycles. The van der Waals surface area contributed by atoms with Gasteiger partial charge in [-0.1, -0.05) is 51.1 Å². The fraction of sp³-hybridized carbons (Fsp3) is 0.438. The Labute approximate surface area is 117 Å². The zero-order valence-electron chi connectivity index (χ0n) is 12.5. The quantitative estimate of drug-likeness (QED) is 0.454. The second-order valence-corrected chi connectivity index (χ2v) is 11.0. The summed E-state index contributed by atoms with van der Waals surface area (Å²) in [5.74, 6) is 0.454. The van der Waals surface area contributed by atoms with Gasteiger partial charge in [0.1, 0.15) is 6.07 Å². The van der Waals surface area contributed by atoms with Crippen LogP contribution < -0.4 is 0 Å². The molecule has 0 fully saturated rings. The second kappa shape index (κ2) is 6.07. The molecule has 0 radical (unpaired) electrons. The largest absolute Gasteiger partial charge is 0.537 e. The summed E-state index contributed by atoms with van der Waals surface area (Å²) in [4.78, 5) is 0. The SMILES string of the molecule is CC(C)(C)[Si](C)(C)O/C(C#N)=C/Cc1ccccc1. The summed E-state index contributed by atoms with van der Waals surface area (Å²) >= 11 is 0. The summed E-state index contributed by atoms with van der Waals surface area (Å²) in [5.41, 5.74) is 1.19. The van der Waals surface area contributed by atoms with E-state index in [1.165, 1.54) is 5.56 Å². The molecule has 0 aliphatic carbocycles. The maximum absolute atomic E-state index is 9.21. The highest BCUT2D eigenvalue weighted by Crippen LogP contribution is 2.37. The van der Waals surface area contributed by atoms with Gasteiger partial charge in [-0.25, -0.2) is 0 Å². The number of nitrogens with zero attached hydrogens (tertiary/aromatic N) is 1. The molecule has 102 valence electrons. The van der Waals surface area contributed by atoms with Crippen molar-refractivity contribution in [2.45, 2.75) is 45.3 Å². The third kappa shape index (κ3) is 4.57. The molecule has 0 aromatic heterocycles. The van der Waals surface area contributed by atoms with E-state index in [2.05, 4.69) is 52.1 Å². The summed E-state index contributed by atoms with van der Waals surface area (Å²) in [7, 11) is -1.92. The Morgan fingerprint density at radius 2 is 1.84 bits per heavy atom. The predicted molar refractivity (Wildman–Crippen MR) is 82.1 cm³/mol. The van der Waals surface area contributed by atoms with Gasteiger partial charge in [0.15, 0.2) is 5.76 Å². The zero-order chi connectivity index (χ0) is 14.5. The minimum Gasteiger partial charge on any atom is -0.537 e. The van der Waals surface area contributed by atoms with E-state index in [1.807, 2.05) is 24.3 Å². The zero-order valence-corrected chi connectivity index (χ0v) is 13.5. The molecule has 0 atom stereocenters. The molecule has 3 heteroatoms. The molecule has 19 heavy (non-hydrogen) atoms. The van der Waals surface area contributed by atoms with Gasteiger partial charge in [0.2, 0.25) is 0 Å². The summed E-state index contributed by atoms with van der Waals surface area (Å²) < 4.78 is 6.01. The van der Waals surface area contributed by atoms with Crippen LogP contribution in [0.3, 0.4) is 0 Å². The topological polar surface area (TPSA) is 33.0 Å². The molecule has 0 amide bonds. The maximum Gasteiger partial charge on any atom is 0.251 e. The maximum atomic E-state index is 9.21. The second-order valence-electron chi connectivity index (χ2n) is 6.23. The third-order valence-electron chi connectivity index (χ3n) is 3.65. The van der Waals surface area contributed by atoms with Crippen LogP contribution in [0.5, 0.6) is 0 Å². The van der Waals surface area contributed by atoms with Crippen LogP contribution in [-0.2, 0) is 10.8 Å². The molecule has 0 aliphatic rings. The summed E-state index contributed by atoms with van der Waals surface area (Å²) in [6, 6.07) is 12.3. The molecular weight excluding hydrogens is 250 g/mol. The van der Waals surface area contributed by atoms with E-state index in [9.17, 15) is 5.26 Å². The van der Waals surface area contributed by atoms with E-state index >= 15 is 0 Å². The van der Waals surface area contributed by atoms with Crippen molar-refractivity contribution in [3.05, 3.63) is 47.7 Å². The van der Waals surface area contributed by atoms with Crippen molar-refractivity contribution in [2.75, 3.05) is 0 Å². The van der Waals surface area contributed by atoms with Crippen molar-refractivity contribution in [1.29, 1.82) is 5.26 Å². The Kier molecular flexibility index (Phi) is 4.96. The Hall–Kier alpha value is -1.53. The van der Waals surface area contributed by atoms with Gasteiger partial charge < -0.3 is 4.43 Å². The lowest BCUT2D eigenvalue weighted by atomic mass is 10.1. The van der Waals surface area contributed by atoms with Gasteiger partial charge >= 0.3 is 0 Å². The fourth-order valence-electron chi connectivity index (χ4n) is 1.36. The van der Waals surface area contributed by atoms with Gasteiger partial charge in [-0.3, -0.25) is 0 Å². The molecule has 0 bridgehead atoms. The number of allylic oxidation sites excluding steroid dienone is 2. The van der Waals surface area contributed by atoms with Crippen molar-refractivity contribution in [2.24, 2.45) is 0 Å². The number of rotatable bonds is 4. The van der Waals surface area contributed by atoms with Crippen LogP contribution in [0.25, 0.3) is 0 Å². The van der Waals surface area contributed by atoms with Gasteiger partial charge in [-0.05, 0) is 36.2 Å². The lowest BCUT2D eigenvalue weighted by Crippen LogP contribution is -2.40. The lowest BCUT2D eigenvalue weighted by Gasteiger charge is -2.36. The van der Waals surface area contributed by atoms with Crippen LogP contribution in [0.1, 0.15) is 26.3 Å². The van der Waals surface area contributed by atoms with Crippen molar-refractivity contribution in [3.8, 4) is 6.07 Å². The Morgan fingerprint density at radius 3 is 2.32 bits per heavy atom. The molecule has 0 spiro atoms. The fourth-order valence-corrected chi connectivity index (χ4v) is 2.35. The first kappa shape index (κ1) is 15.5. The Balaban J connectivity index is 2.77. The molecule has 0 unspecified atom stereocenters. The number of hydrogen-bond donors (Lipinski definition) is 0. The van der Waals surface area contributed by atoms with Gasteiger partial charge in [0, 0.05) is 0 Å². The minimum absolute atomic E-state index is 0.107. The lowest BCUT2D eigenvalue weighted by molar-refractivity contribution is 0.401. The average Bonchev–Trinajstić information content (AvgIpc) is 2.34. The van der Waals surface area contributed by atoms with E-state index < -0.39 is 8.32 Å². The molecule has 0 N–H and O–H groups in total. The monoisotopic (exact) mass is 273 g/mol. The van der Waals surface area contributed by atoms with Gasteiger partial charge in [0.05, 0.1) is 0 Å². The van der Waals surface area contributed by atoms with Crippen LogP contribution in [0.15, 0.2) is 42.2 Å². The van der Waals surface area contributed by atoms with Crippen molar-refractivity contribution in [1.82, 2.24) is 0 Å². The molecule has 0 saturated heterocycles. The number of nitriles is 1. The molecule has 0 saturated carbocycles. The highest BCUT2D eigenvalue weighted by atomic mass is 28.4. The highest BCUT2D eigenvalue weighted by Gasteiger charge is 2.39.